The normalized spacial score (nSPS) is 14.4. The molecular weight excluding hydrogens is 383 g/mol. The van der Waals surface area contributed by atoms with Gasteiger partial charge in [-0.1, -0.05) is 24.3 Å². The number of hydrogen-bond donors (Lipinski definition) is 2. The minimum absolute atomic E-state index is 0.187. The van der Waals surface area contributed by atoms with Crippen LogP contribution in [0.5, 0.6) is 0 Å². The topological polar surface area (TPSA) is 64.7 Å². The molecule has 2 N–H and O–H groups in total. The van der Waals surface area contributed by atoms with E-state index in [1.165, 1.54) is 23.4 Å². The Morgan fingerprint density at radius 2 is 1.47 bits per heavy atom. The number of carbonyl (C=O) groups is 2. The standard InChI is InChI=1S/C23H29FN4O2/c1-27-13-15-28(16-14-27)21-10-6-18(7-11-21)3-2-12-25-22(29)23(30)26-17-19-4-8-20(24)9-5-19/h4-11H,2-3,12-17H2,1H3,(H,25,29)(H,26,30). The van der Waals surface area contributed by atoms with Gasteiger partial charge in [-0.2, -0.15) is 0 Å². The molecule has 2 amide bonds. The third-order valence-electron chi connectivity index (χ3n) is 5.31. The Labute approximate surface area is 177 Å². The van der Waals surface area contributed by atoms with Gasteiger partial charge in [0, 0.05) is 45.0 Å². The highest BCUT2D eigenvalue weighted by Crippen LogP contribution is 2.17. The number of piperazine rings is 1. The van der Waals surface area contributed by atoms with E-state index in [-0.39, 0.29) is 12.4 Å². The molecule has 1 fully saturated rings. The monoisotopic (exact) mass is 412 g/mol. The highest BCUT2D eigenvalue weighted by Gasteiger charge is 2.14. The number of nitrogens with one attached hydrogen (secondary N) is 2. The predicted molar refractivity (Wildman–Crippen MR) is 116 cm³/mol. The van der Waals surface area contributed by atoms with Crippen LogP contribution in [0.1, 0.15) is 17.5 Å². The van der Waals surface area contributed by atoms with Gasteiger partial charge in [-0.05, 0) is 55.3 Å². The summed E-state index contributed by atoms with van der Waals surface area (Å²) in [5, 5.41) is 5.18. The largest absolute Gasteiger partial charge is 0.369 e. The van der Waals surface area contributed by atoms with Crippen molar-refractivity contribution in [2.24, 2.45) is 0 Å². The lowest BCUT2D eigenvalue weighted by molar-refractivity contribution is -0.139. The first-order valence-electron chi connectivity index (χ1n) is 10.3. The summed E-state index contributed by atoms with van der Waals surface area (Å²) >= 11 is 0. The lowest BCUT2D eigenvalue weighted by atomic mass is 10.1. The van der Waals surface area contributed by atoms with E-state index in [1.54, 1.807) is 12.1 Å². The van der Waals surface area contributed by atoms with Crippen LogP contribution in [0, 0.1) is 5.82 Å². The Bertz CT molecular complexity index is 831. The van der Waals surface area contributed by atoms with Crippen molar-refractivity contribution in [2.45, 2.75) is 19.4 Å². The molecule has 0 unspecified atom stereocenters. The number of likely N-dealkylation sites (N-methyl/N-ethyl adjacent to an activating group) is 1. The average Bonchev–Trinajstić information content (AvgIpc) is 2.77. The molecule has 2 aromatic carbocycles. The molecule has 0 saturated carbocycles. The molecule has 0 bridgehead atoms. The summed E-state index contributed by atoms with van der Waals surface area (Å²) in [6.45, 7) is 4.88. The van der Waals surface area contributed by atoms with Gasteiger partial charge in [-0.3, -0.25) is 9.59 Å². The van der Waals surface area contributed by atoms with Gasteiger partial charge < -0.3 is 20.4 Å². The van der Waals surface area contributed by atoms with Crippen molar-refractivity contribution >= 4 is 17.5 Å². The van der Waals surface area contributed by atoms with Gasteiger partial charge in [0.25, 0.3) is 0 Å². The van der Waals surface area contributed by atoms with Gasteiger partial charge in [0.15, 0.2) is 0 Å². The molecule has 0 spiro atoms. The Morgan fingerprint density at radius 3 is 2.13 bits per heavy atom. The van der Waals surface area contributed by atoms with Gasteiger partial charge in [-0.25, -0.2) is 4.39 Å². The van der Waals surface area contributed by atoms with Crippen molar-refractivity contribution in [1.29, 1.82) is 0 Å². The minimum Gasteiger partial charge on any atom is -0.369 e. The number of rotatable bonds is 7. The van der Waals surface area contributed by atoms with E-state index in [2.05, 4.69) is 51.7 Å². The number of carbonyl (C=O) groups excluding carboxylic acids is 2. The maximum Gasteiger partial charge on any atom is 0.309 e. The van der Waals surface area contributed by atoms with Crippen LogP contribution >= 0.6 is 0 Å². The fraction of sp³-hybridized carbons (Fsp3) is 0.391. The van der Waals surface area contributed by atoms with E-state index in [9.17, 15) is 14.0 Å². The first kappa shape index (κ1) is 21.8. The number of aryl methyl sites for hydroxylation is 1. The SMILES string of the molecule is CN1CCN(c2ccc(CCCNC(=O)C(=O)NCc3ccc(F)cc3)cc2)CC1. The number of amides is 2. The van der Waals surface area contributed by atoms with Gasteiger partial charge in [0.1, 0.15) is 5.82 Å². The Kier molecular flexibility index (Phi) is 7.79. The molecular formula is C23H29FN4O2. The maximum atomic E-state index is 12.9. The number of benzene rings is 2. The Hall–Kier alpha value is -2.93. The van der Waals surface area contributed by atoms with Crippen LogP contribution in [-0.4, -0.2) is 56.5 Å². The Balaban J connectivity index is 1.33. The molecule has 0 aliphatic carbocycles. The third kappa shape index (κ3) is 6.56. The van der Waals surface area contributed by atoms with Crippen LogP contribution in [0.2, 0.25) is 0 Å². The van der Waals surface area contributed by atoms with Crippen LogP contribution < -0.4 is 15.5 Å². The van der Waals surface area contributed by atoms with Crippen LogP contribution in [-0.2, 0) is 22.6 Å². The molecule has 6 nitrogen and oxygen atoms in total. The average molecular weight is 413 g/mol. The maximum absolute atomic E-state index is 12.9. The summed E-state index contributed by atoms with van der Waals surface area (Å²) in [4.78, 5) is 28.5. The number of nitrogens with zero attached hydrogens (tertiary/aromatic N) is 2. The highest BCUT2D eigenvalue weighted by atomic mass is 19.1. The quantitative estimate of drug-likeness (QED) is 0.539. The number of halogens is 1. The van der Waals surface area contributed by atoms with Crippen LogP contribution in [0.4, 0.5) is 10.1 Å². The second-order valence-electron chi connectivity index (χ2n) is 7.63. The fourth-order valence-electron chi connectivity index (χ4n) is 3.38. The van der Waals surface area contributed by atoms with Crippen LogP contribution in [0.25, 0.3) is 0 Å². The van der Waals surface area contributed by atoms with E-state index in [1.807, 2.05) is 0 Å². The molecule has 0 atom stereocenters. The summed E-state index contributed by atoms with van der Waals surface area (Å²) < 4.78 is 12.9. The van der Waals surface area contributed by atoms with Crippen molar-refractivity contribution in [2.75, 3.05) is 44.7 Å². The van der Waals surface area contributed by atoms with Crippen molar-refractivity contribution in [3.63, 3.8) is 0 Å². The smallest absolute Gasteiger partial charge is 0.309 e. The molecule has 1 aliphatic rings. The molecule has 0 radical (unpaired) electrons. The lowest BCUT2D eigenvalue weighted by Gasteiger charge is -2.34. The van der Waals surface area contributed by atoms with Crippen LogP contribution in [0.15, 0.2) is 48.5 Å². The zero-order valence-electron chi connectivity index (χ0n) is 17.4. The first-order chi connectivity index (χ1) is 14.5. The predicted octanol–water partition coefficient (Wildman–Crippen LogP) is 1.94. The summed E-state index contributed by atoms with van der Waals surface area (Å²) in [5.41, 5.74) is 3.19. The summed E-state index contributed by atoms with van der Waals surface area (Å²) in [6.07, 6.45) is 1.59. The molecule has 2 aromatic rings. The molecule has 30 heavy (non-hydrogen) atoms. The molecule has 7 heteroatoms. The molecule has 1 saturated heterocycles. The van der Waals surface area contributed by atoms with Gasteiger partial charge in [0.05, 0.1) is 0 Å². The third-order valence-corrected chi connectivity index (χ3v) is 5.31. The second kappa shape index (κ2) is 10.7. The second-order valence-corrected chi connectivity index (χ2v) is 7.63. The van der Waals surface area contributed by atoms with E-state index < -0.39 is 11.8 Å². The van der Waals surface area contributed by atoms with Crippen molar-refractivity contribution in [3.8, 4) is 0 Å². The molecule has 3 rings (SSSR count). The van der Waals surface area contributed by atoms with E-state index >= 15 is 0 Å². The van der Waals surface area contributed by atoms with Crippen molar-refractivity contribution in [3.05, 3.63) is 65.5 Å². The minimum atomic E-state index is -0.684. The zero-order valence-corrected chi connectivity index (χ0v) is 17.4. The highest BCUT2D eigenvalue weighted by molar-refractivity contribution is 6.35. The molecule has 160 valence electrons. The molecule has 1 heterocycles. The summed E-state index contributed by atoms with van der Waals surface area (Å²) in [7, 11) is 2.15. The van der Waals surface area contributed by atoms with Crippen LogP contribution in [0.3, 0.4) is 0 Å². The van der Waals surface area contributed by atoms with E-state index in [0.717, 1.165) is 44.6 Å². The summed E-state index contributed by atoms with van der Waals surface area (Å²) in [6, 6.07) is 14.4. The first-order valence-corrected chi connectivity index (χ1v) is 10.3. The van der Waals surface area contributed by atoms with Gasteiger partial charge in [0.2, 0.25) is 0 Å². The van der Waals surface area contributed by atoms with Gasteiger partial charge in [-0.15, -0.1) is 0 Å². The zero-order chi connectivity index (χ0) is 21.3. The molecule has 1 aliphatic heterocycles. The number of hydrogen-bond acceptors (Lipinski definition) is 4. The lowest BCUT2D eigenvalue weighted by Crippen LogP contribution is -2.44. The molecule has 0 aromatic heterocycles. The Morgan fingerprint density at radius 1 is 0.867 bits per heavy atom. The van der Waals surface area contributed by atoms with E-state index in [0.29, 0.717) is 6.54 Å². The van der Waals surface area contributed by atoms with E-state index in [4.69, 9.17) is 0 Å². The van der Waals surface area contributed by atoms with Gasteiger partial charge >= 0.3 is 11.8 Å². The van der Waals surface area contributed by atoms with Crippen molar-refractivity contribution in [1.82, 2.24) is 15.5 Å². The number of anilines is 1. The van der Waals surface area contributed by atoms with Crippen molar-refractivity contribution < 1.29 is 14.0 Å². The summed E-state index contributed by atoms with van der Waals surface area (Å²) in [5.74, 6) is -1.67. The fourth-order valence-corrected chi connectivity index (χ4v) is 3.38.